The molecule has 100 valence electrons. The third-order valence-corrected chi connectivity index (χ3v) is 5.90. The fourth-order valence-electron chi connectivity index (χ4n) is 2.60. The minimum atomic E-state index is -1.32. The molecule has 2 aromatic carbocycles. The molecule has 0 spiro atoms. The van der Waals surface area contributed by atoms with E-state index in [1.54, 1.807) is 0 Å². The Kier molecular flexibility index (Phi) is 3.54. The summed E-state index contributed by atoms with van der Waals surface area (Å²) in [5.41, 5.74) is 4.89. The average molecular weight is 281 g/mol. The second-order valence-electron chi connectivity index (χ2n) is 5.46. The van der Waals surface area contributed by atoms with E-state index in [9.17, 15) is 4.57 Å². The van der Waals surface area contributed by atoms with Gasteiger partial charge >= 0.3 is 7.80 Å². The van der Waals surface area contributed by atoms with Gasteiger partial charge in [0.25, 0.3) is 0 Å². The third kappa shape index (κ3) is 2.46. The molecular weight excluding hydrogens is 263 g/mol. The Bertz CT molecular complexity index is 595. The smallest absolute Gasteiger partial charge is 0.0726 e. The number of hydrogen-bond acceptors (Lipinski definition) is 1. The number of rotatable bonds is 2. The predicted molar refractivity (Wildman–Crippen MR) is 84.6 cm³/mol. The van der Waals surface area contributed by atoms with Gasteiger partial charge in [-0.15, -0.1) is 0 Å². The van der Waals surface area contributed by atoms with Gasteiger partial charge in [-0.1, -0.05) is 64.2 Å². The minimum Gasteiger partial charge on any atom is -0.0726 e. The first-order valence-electron chi connectivity index (χ1n) is 6.92. The van der Waals surface area contributed by atoms with Gasteiger partial charge in [-0.05, 0) is 26.0 Å². The summed E-state index contributed by atoms with van der Waals surface area (Å²) < 4.78 is 12.8. The summed E-state index contributed by atoms with van der Waals surface area (Å²) in [6.45, 7) is 4.15. The quantitative estimate of drug-likeness (QED) is 0.526. The molecule has 0 amide bonds. The van der Waals surface area contributed by atoms with E-state index in [0.717, 1.165) is 11.1 Å². The zero-order valence-corrected chi connectivity index (χ0v) is 12.7. The molecule has 1 unspecified atom stereocenters. The molecule has 1 heterocycles. The Hall–Kier alpha value is -1.72. The fraction of sp³-hybridized carbons (Fsp3) is 0.222. The molecule has 1 aliphatic rings. The van der Waals surface area contributed by atoms with Crippen molar-refractivity contribution in [2.45, 2.75) is 25.2 Å². The maximum absolute atomic E-state index is 12.8. The molecular formula is C18H18OP+. The molecule has 20 heavy (non-hydrogen) atoms. The van der Waals surface area contributed by atoms with Gasteiger partial charge in [-0.2, -0.15) is 0 Å². The molecule has 0 aromatic heterocycles. The van der Waals surface area contributed by atoms with Crippen molar-refractivity contribution in [1.29, 1.82) is 0 Å². The SMILES string of the molecule is Cc1ccc([C@H]2C=C[C@@H](c3ccc(C)cc3)[P+]2=O)cc1. The summed E-state index contributed by atoms with van der Waals surface area (Å²) in [6.07, 6.45) is 4.21. The Morgan fingerprint density at radius 1 is 0.700 bits per heavy atom. The van der Waals surface area contributed by atoms with E-state index in [2.05, 4.69) is 74.5 Å². The van der Waals surface area contributed by atoms with E-state index in [4.69, 9.17) is 0 Å². The lowest BCUT2D eigenvalue weighted by molar-refractivity contribution is 0.583. The Balaban J connectivity index is 1.86. The standard InChI is InChI=1S/C18H18OP/c1-13-3-7-15(8-4-13)17-11-12-18(20(17)19)16-9-5-14(2)6-10-16/h3-12,17-18H,1-2H3/q+1/t17-,18+. The van der Waals surface area contributed by atoms with Gasteiger partial charge < -0.3 is 0 Å². The Labute approximate surface area is 121 Å². The van der Waals surface area contributed by atoms with Crippen LogP contribution in [0.15, 0.2) is 60.7 Å². The molecule has 0 aliphatic carbocycles. The van der Waals surface area contributed by atoms with Crippen LogP contribution < -0.4 is 0 Å². The van der Waals surface area contributed by atoms with Crippen molar-refractivity contribution in [2.24, 2.45) is 0 Å². The third-order valence-electron chi connectivity index (χ3n) is 3.86. The van der Waals surface area contributed by atoms with Crippen LogP contribution in [0.5, 0.6) is 0 Å². The zero-order chi connectivity index (χ0) is 14.1. The van der Waals surface area contributed by atoms with E-state index < -0.39 is 7.80 Å². The van der Waals surface area contributed by atoms with E-state index in [-0.39, 0.29) is 11.3 Å². The van der Waals surface area contributed by atoms with Gasteiger partial charge in [0.1, 0.15) is 0 Å². The molecule has 0 fully saturated rings. The molecule has 0 N–H and O–H groups in total. The largest absolute Gasteiger partial charge is 0.362 e. The maximum atomic E-state index is 12.8. The van der Waals surface area contributed by atoms with Crippen LogP contribution in [0.2, 0.25) is 0 Å². The zero-order valence-electron chi connectivity index (χ0n) is 11.8. The summed E-state index contributed by atoms with van der Waals surface area (Å²) in [4.78, 5) is 0. The molecule has 3 atom stereocenters. The molecule has 2 heteroatoms. The minimum absolute atomic E-state index is 0.0527. The van der Waals surface area contributed by atoms with Crippen molar-refractivity contribution in [1.82, 2.24) is 0 Å². The van der Waals surface area contributed by atoms with Crippen molar-refractivity contribution in [3.05, 3.63) is 82.9 Å². The number of allylic oxidation sites excluding steroid dienone is 2. The van der Waals surface area contributed by atoms with E-state index in [1.165, 1.54) is 11.1 Å². The molecule has 0 saturated heterocycles. The second-order valence-corrected chi connectivity index (χ2v) is 7.29. The molecule has 1 aliphatic heterocycles. The van der Waals surface area contributed by atoms with Gasteiger partial charge in [0.05, 0.1) is 0 Å². The highest BCUT2D eigenvalue weighted by Gasteiger charge is 2.42. The number of aryl methyl sites for hydroxylation is 2. The Morgan fingerprint density at radius 3 is 1.40 bits per heavy atom. The molecule has 0 bridgehead atoms. The lowest BCUT2D eigenvalue weighted by Gasteiger charge is -2.04. The number of hydrogen-bond donors (Lipinski definition) is 0. The monoisotopic (exact) mass is 281 g/mol. The van der Waals surface area contributed by atoms with Crippen molar-refractivity contribution in [3.8, 4) is 0 Å². The van der Waals surface area contributed by atoms with Crippen LogP contribution >= 0.6 is 7.80 Å². The highest BCUT2D eigenvalue weighted by atomic mass is 31.1. The first kappa shape index (κ1) is 13.3. The maximum Gasteiger partial charge on any atom is 0.362 e. The van der Waals surface area contributed by atoms with E-state index in [0.29, 0.717) is 0 Å². The van der Waals surface area contributed by atoms with Crippen LogP contribution in [0, 0.1) is 13.8 Å². The number of benzene rings is 2. The van der Waals surface area contributed by atoms with E-state index in [1.807, 2.05) is 0 Å². The first-order chi connectivity index (χ1) is 9.65. The van der Waals surface area contributed by atoms with Crippen LogP contribution in [0.1, 0.15) is 33.6 Å². The van der Waals surface area contributed by atoms with Gasteiger partial charge in [0.2, 0.25) is 0 Å². The van der Waals surface area contributed by atoms with Crippen molar-refractivity contribution < 1.29 is 4.57 Å². The summed E-state index contributed by atoms with van der Waals surface area (Å²) in [5, 5.41) is 0. The summed E-state index contributed by atoms with van der Waals surface area (Å²) in [6, 6.07) is 16.7. The lowest BCUT2D eigenvalue weighted by Crippen LogP contribution is -1.91. The van der Waals surface area contributed by atoms with Crippen molar-refractivity contribution in [3.63, 3.8) is 0 Å². The van der Waals surface area contributed by atoms with Crippen LogP contribution in [0.3, 0.4) is 0 Å². The molecule has 2 aromatic rings. The van der Waals surface area contributed by atoms with Gasteiger partial charge in [0.15, 0.2) is 11.3 Å². The van der Waals surface area contributed by atoms with Crippen LogP contribution in [-0.4, -0.2) is 0 Å². The lowest BCUT2D eigenvalue weighted by atomic mass is 10.1. The summed E-state index contributed by atoms with van der Waals surface area (Å²) in [7, 11) is -1.32. The normalized spacial score (nSPS) is 23.2. The highest BCUT2D eigenvalue weighted by Crippen LogP contribution is 2.58. The van der Waals surface area contributed by atoms with Gasteiger partial charge in [-0.3, -0.25) is 0 Å². The highest BCUT2D eigenvalue weighted by molar-refractivity contribution is 7.46. The van der Waals surface area contributed by atoms with Crippen molar-refractivity contribution in [2.75, 3.05) is 0 Å². The van der Waals surface area contributed by atoms with Gasteiger partial charge in [-0.25, -0.2) is 0 Å². The van der Waals surface area contributed by atoms with Crippen LogP contribution in [-0.2, 0) is 4.57 Å². The van der Waals surface area contributed by atoms with Gasteiger partial charge in [0, 0.05) is 11.1 Å². The first-order valence-corrected chi connectivity index (χ1v) is 8.32. The van der Waals surface area contributed by atoms with Crippen LogP contribution in [0.4, 0.5) is 0 Å². The molecule has 3 rings (SSSR count). The van der Waals surface area contributed by atoms with Crippen LogP contribution in [0.25, 0.3) is 0 Å². The molecule has 0 saturated carbocycles. The second kappa shape index (κ2) is 5.34. The fourth-order valence-corrected chi connectivity index (χ4v) is 4.41. The summed E-state index contributed by atoms with van der Waals surface area (Å²) in [5.74, 6) is 0. The average Bonchev–Trinajstić information content (AvgIpc) is 2.83. The predicted octanol–water partition coefficient (Wildman–Crippen LogP) is 5.48. The molecule has 0 radical (unpaired) electrons. The molecule has 1 nitrogen and oxygen atoms in total. The van der Waals surface area contributed by atoms with E-state index >= 15 is 0 Å². The topological polar surface area (TPSA) is 17.1 Å². The Morgan fingerprint density at radius 2 is 1.05 bits per heavy atom. The summed E-state index contributed by atoms with van der Waals surface area (Å²) >= 11 is 0. The van der Waals surface area contributed by atoms with Crippen molar-refractivity contribution >= 4 is 7.80 Å².